The van der Waals surface area contributed by atoms with Gasteiger partial charge in [0, 0.05) is 11.9 Å². The van der Waals surface area contributed by atoms with Crippen LogP contribution in [-0.2, 0) is 16.1 Å². The summed E-state index contributed by atoms with van der Waals surface area (Å²) in [7, 11) is 0. The molecule has 0 aliphatic rings. The SMILES string of the molecule is C=CCn1c2ccccc2c2nnc(S[C@H](CC)C(=O)Nc3nc(C)c(C(=O)OCC)s3)nc21. The zero-order valence-corrected chi connectivity index (χ0v) is 20.7. The Morgan fingerprint density at radius 2 is 2.06 bits per heavy atom. The Hall–Kier alpha value is -3.31. The van der Waals surface area contributed by atoms with E-state index in [0.717, 1.165) is 22.2 Å². The van der Waals surface area contributed by atoms with Crippen molar-refractivity contribution in [2.45, 2.75) is 44.1 Å². The molecule has 0 aliphatic carbocycles. The highest BCUT2D eigenvalue weighted by molar-refractivity contribution is 8.00. The van der Waals surface area contributed by atoms with Crippen molar-refractivity contribution in [3.63, 3.8) is 0 Å². The van der Waals surface area contributed by atoms with Crippen molar-refractivity contribution >= 4 is 62.2 Å². The second-order valence-electron chi connectivity index (χ2n) is 7.34. The van der Waals surface area contributed by atoms with Crippen LogP contribution < -0.4 is 5.32 Å². The number of amides is 1. The number of hydrogen-bond acceptors (Lipinski definition) is 9. The molecule has 0 bridgehead atoms. The lowest BCUT2D eigenvalue weighted by Crippen LogP contribution is -2.24. The number of hydrogen-bond donors (Lipinski definition) is 1. The van der Waals surface area contributed by atoms with Crippen molar-refractivity contribution in [2.75, 3.05) is 11.9 Å². The third-order valence-electron chi connectivity index (χ3n) is 5.06. The number of aromatic nitrogens is 5. The van der Waals surface area contributed by atoms with Crippen LogP contribution in [0.2, 0.25) is 0 Å². The van der Waals surface area contributed by atoms with Crippen LogP contribution in [0.1, 0.15) is 35.6 Å². The fourth-order valence-corrected chi connectivity index (χ4v) is 5.20. The maximum Gasteiger partial charge on any atom is 0.350 e. The van der Waals surface area contributed by atoms with E-state index in [1.165, 1.54) is 11.8 Å². The summed E-state index contributed by atoms with van der Waals surface area (Å²) in [6.07, 6.45) is 2.35. The number of rotatable bonds is 9. The van der Waals surface area contributed by atoms with Crippen LogP contribution in [-0.4, -0.2) is 48.5 Å². The van der Waals surface area contributed by atoms with Crippen LogP contribution >= 0.6 is 23.1 Å². The number of allylic oxidation sites excluding steroid dienone is 1. The number of nitrogens with zero attached hydrogens (tertiary/aromatic N) is 5. The lowest BCUT2D eigenvalue weighted by molar-refractivity contribution is -0.115. The van der Waals surface area contributed by atoms with Crippen molar-refractivity contribution in [3.8, 4) is 0 Å². The van der Waals surface area contributed by atoms with E-state index >= 15 is 0 Å². The van der Waals surface area contributed by atoms with Gasteiger partial charge in [0.25, 0.3) is 0 Å². The molecule has 0 unspecified atom stereocenters. The minimum atomic E-state index is -0.466. The predicted octanol–water partition coefficient (Wildman–Crippen LogP) is 4.62. The molecule has 0 spiro atoms. The summed E-state index contributed by atoms with van der Waals surface area (Å²) in [5, 5.41) is 12.8. The zero-order valence-electron chi connectivity index (χ0n) is 19.1. The Morgan fingerprint density at radius 1 is 1.26 bits per heavy atom. The zero-order chi connectivity index (χ0) is 24.2. The number of anilines is 1. The van der Waals surface area contributed by atoms with Crippen molar-refractivity contribution in [2.24, 2.45) is 0 Å². The fraction of sp³-hybridized carbons (Fsp3) is 0.304. The molecule has 3 heterocycles. The maximum absolute atomic E-state index is 13.0. The number of carbonyl (C=O) groups excluding carboxylic acids is 2. The van der Waals surface area contributed by atoms with Gasteiger partial charge in [-0.15, -0.1) is 16.8 Å². The van der Waals surface area contributed by atoms with Gasteiger partial charge in [0.15, 0.2) is 10.8 Å². The molecule has 0 radical (unpaired) electrons. The van der Waals surface area contributed by atoms with Gasteiger partial charge in [0.2, 0.25) is 11.1 Å². The second-order valence-corrected chi connectivity index (χ2v) is 9.51. The number of carbonyl (C=O) groups is 2. The summed E-state index contributed by atoms with van der Waals surface area (Å²) in [4.78, 5) is 34.4. The van der Waals surface area contributed by atoms with E-state index in [9.17, 15) is 9.59 Å². The van der Waals surface area contributed by atoms with Gasteiger partial charge in [-0.05, 0) is 26.3 Å². The summed E-state index contributed by atoms with van der Waals surface area (Å²) < 4.78 is 7.08. The molecule has 34 heavy (non-hydrogen) atoms. The smallest absolute Gasteiger partial charge is 0.350 e. The number of benzene rings is 1. The number of para-hydroxylation sites is 1. The topological polar surface area (TPSA) is 112 Å². The molecule has 0 fully saturated rings. The summed E-state index contributed by atoms with van der Waals surface area (Å²) >= 11 is 2.34. The van der Waals surface area contributed by atoms with Crippen LogP contribution in [0, 0.1) is 6.92 Å². The second kappa shape index (κ2) is 10.3. The first kappa shape index (κ1) is 23.8. The van der Waals surface area contributed by atoms with Crippen molar-refractivity contribution in [1.82, 2.24) is 24.7 Å². The quantitative estimate of drug-likeness (QED) is 0.203. The Morgan fingerprint density at radius 3 is 2.79 bits per heavy atom. The van der Waals surface area contributed by atoms with Crippen molar-refractivity contribution in [1.29, 1.82) is 0 Å². The lowest BCUT2D eigenvalue weighted by atomic mass is 10.2. The molecular formula is C23H24N6O3S2. The Kier molecular flexibility index (Phi) is 7.23. The molecule has 3 aromatic heterocycles. The Bertz CT molecular complexity index is 1380. The minimum Gasteiger partial charge on any atom is -0.462 e. The third-order valence-corrected chi connectivity index (χ3v) is 7.33. The van der Waals surface area contributed by atoms with Gasteiger partial charge in [-0.1, -0.05) is 54.3 Å². The van der Waals surface area contributed by atoms with Gasteiger partial charge < -0.3 is 14.6 Å². The molecule has 4 aromatic rings. The van der Waals surface area contributed by atoms with Crippen LogP contribution in [0.15, 0.2) is 42.1 Å². The first-order valence-electron chi connectivity index (χ1n) is 10.8. The first-order chi connectivity index (χ1) is 16.5. The summed E-state index contributed by atoms with van der Waals surface area (Å²) in [5.41, 5.74) is 2.93. The van der Waals surface area contributed by atoms with Gasteiger partial charge in [-0.2, -0.15) is 0 Å². The normalized spacial score (nSPS) is 12.1. The van der Waals surface area contributed by atoms with E-state index in [1.807, 2.05) is 41.8 Å². The monoisotopic (exact) mass is 496 g/mol. The average Bonchev–Trinajstić information content (AvgIpc) is 3.35. The third kappa shape index (κ3) is 4.66. The molecule has 1 atom stereocenters. The van der Waals surface area contributed by atoms with E-state index < -0.39 is 11.2 Å². The number of esters is 1. The van der Waals surface area contributed by atoms with Crippen LogP contribution in [0.25, 0.3) is 22.1 Å². The van der Waals surface area contributed by atoms with E-state index in [2.05, 4.69) is 27.1 Å². The summed E-state index contributed by atoms with van der Waals surface area (Å²) in [5.74, 6) is -0.686. The standard InChI is InChI=1S/C23H24N6O3S2/c1-5-12-29-15-11-9-8-10-14(15)17-19(29)25-23(28-27-17)33-16(6-2)20(30)26-22-24-13(4)18(34-22)21(31)32-7-3/h5,8-11,16H,1,6-7,12H2,2-4H3,(H,24,26,30)/t16-/m1/s1. The fourth-order valence-electron chi connectivity index (χ4n) is 3.52. The number of ether oxygens (including phenoxy) is 1. The van der Waals surface area contributed by atoms with E-state index in [0.29, 0.717) is 45.0 Å². The molecule has 0 aliphatic heterocycles. The molecule has 4 rings (SSSR count). The lowest BCUT2D eigenvalue weighted by Gasteiger charge is -2.12. The minimum absolute atomic E-state index is 0.244. The van der Waals surface area contributed by atoms with Gasteiger partial charge in [-0.3, -0.25) is 4.79 Å². The Labute approximate surface area is 204 Å². The number of aryl methyl sites for hydroxylation is 1. The molecule has 1 amide bonds. The Balaban J connectivity index is 1.57. The number of nitrogens with one attached hydrogen (secondary N) is 1. The number of fused-ring (bicyclic) bond motifs is 3. The highest BCUT2D eigenvalue weighted by Crippen LogP contribution is 2.30. The van der Waals surface area contributed by atoms with E-state index in [1.54, 1.807) is 13.8 Å². The molecular weight excluding hydrogens is 472 g/mol. The van der Waals surface area contributed by atoms with Crippen LogP contribution in [0.5, 0.6) is 0 Å². The van der Waals surface area contributed by atoms with Gasteiger partial charge in [0.05, 0.1) is 23.1 Å². The van der Waals surface area contributed by atoms with Crippen LogP contribution in [0.3, 0.4) is 0 Å². The maximum atomic E-state index is 13.0. The molecule has 9 nitrogen and oxygen atoms in total. The average molecular weight is 497 g/mol. The first-order valence-corrected chi connectivity index (χ1v) is 12.5. The summed E-state index contributed by atoms with van der Waals surface area (Å²) in [6, 6.07) is 7.92. The van der Waals surface area contributed by atoms with Crippen LogP contribution in [0.4, 0.5) is 5.13 Å². The number of thioether (sulfide) groups is 1. The van der Waals surface area contributed by atoms with Crippen molar-refractivity contribution in [3.05, 3.63) is 47.5 Å². The van der Waals surface area contributed by atoms with Gasteiger partial charge in [-0.25, -0.2) is 14.8 Å². The number of thiazole rings is 1. The van der Waals surface area contributed by atoms with Crippen molar-refractivity contribution < 1.29 is 14.3 Å². The largest absolute Gasteiger partial charge is 0.462 e. The molecule has 1 N–H and O–H groups in total. The molecule has 176 valence electrons. The van der Waals surface area contributed by atoms with E-state index in [4.69, 9.17) is 9.72 Å². The molecule has 11 heteroatoms. The van der Waals surface area contributed by atoms with Gasteiger partial charge >= 0.3 is 5.97 Å². The highest BCUT2D eigenvalue weighted by atomic mass is 32.2. The molecule has 0 saturated heterocycles. The molecule has 0 saturated carbocycles. The van der Waals surface area contributed by atoms with E-state index in [-0.39, 0.29) is 12.5 Å². The summed E-state index contributed by atoms with van der Waals surface area (Å²) in [6.45, 7) is 10.1. The van der Waals surface area contributed by atoms with Gasteiger partial charge in [0.1, 0.15) is 10.4 Å². The molecule has 1 aromatic carbocycles. The predicted molar refractivity (Wildman–Crippen MR) is 134 cm³/mol. The highest BCUT2D eigenvalue weighted by Gasteiger charge is 2.24.